The highest BCUT2D eigenvalue weighted by molar-refractivity contribution is 6.26. The van der Waals surface area contributed by atoms with Crippen LogP contribution in [0.1, 0.15) is 44.6 Å². The van der Waals surface area contributed by atoms with E-state index in [0.29, 0.717) is 5.56 Å². The molecule has 1 aliphatic carbocycles. The van der Waals surface area contributed by atoms with Crippen molar-refractivity contribution in [1.29, 1.82) is 0 Å². The molecule has 1 aromatic rings. The summed E-state index contributed by atoms with van der Waals surface area (Å²) in [6.45, 7) is 1.69. The standard InChI is InChI=1S/C23H27NO7/c1-4-30-22(27)23(15-11-7-5-8-12-15)18(21(26)29-3)17(20(25)28-2)19(31-23)24-16-13-9-6-10-14-16/h5,7-8,11-12,16H,4,6,9-10,13-14H2,1-3H3. The second-order valence-electron chi connectivity index (χ2n) is 7.33. The molecule has 1 heterocycles. The summed E-state index contributed by atoms with van der Waals surface area (Å²) in [5.41, 5.74) is -2.21. The molecular weight excluding hydrogens is 402 g/mol. The Morgan fingerprint density at radius 2 is 1.68 bits per heavy atom. The topological polar surface area (TPSA) is 100 Å². The van der Waals surface area contributed by atoms with Gasteiger partial charge in [0, 0.05) is 5.56 Å². The molecule has 0 N–H and O–H groups in total. The Bertz CT molecular complexity index is 900. The van der Waals surface area contributed by atoms with Gasteiger partial charge < -0.3 is 18.9 Å². The number of carbonyl (C=O) groups excluding carboxylic acids is 3. The predicted molar refractivity (Wildman–Crippen MR) is 111 cm³/mol. The van der Waals surface area contributed by atoms with E-state index >= 15 is 0 Å². The van der Waals surface area contributed by atoms with Gasteiger partial charge in [-0.3, -0.25) is 0 Å². The Kier molecular flexibility index (Phi) is 7.09. The molecule has 31 heavy (non-hydrogen) atoms. The van der Waals surface area contributed by atoms with Gasteiger partial charge in [-0.2, -0.15) is 0 Å². The van der Waals surface area contributed by atoms with E-state index in [2.05, 4.69) is 4.99 Å². The summed E-state index contributed by atoms with van der Waals surface area (Å²) in [5.74, 6) is -2.67. The Morgan fingerprint density at radius 3 is 2.26 bits per heavy atom. The van der Waals surface area contributed by atoms with Gasteiger partial charge in [0.25, 0.3) is 5.60 Å². The molecule has 1 saturated carbocycles. The minimum Gasteiger partial charge on any atom is -0.465 e. The summed E-state index contributed by atoms with van der Waals surface area (Å²) < 4.78 is 21.3. The molecule has 1 unspecified atom stereocenters. The summed E-state index contributed by atoms with van der Waals surface area (Å²) in [5, 5.41) is 0. The highest BCUT2D eigenvalue weighted by atomic mass is 16.6. The second-order valence-corrected chi connectivity index (χ2v) is 7.33. The van der Waals surface area contributed by atoms with Gasteiger partial charge in [0.15, 0.2) is 0 Å². The number of benzene rings is 1. The van der Waals surface area contributed by atoms with Crippen LogP contribution < -0.4 is 0 Å². The minimum atomic E-state index is -2.03. The van der Waals surface area contributed by atoms with Crippen LogP contribution in [-0.2, 0) is 38.9 Å². The highest BCUT2D eigenvalue weighted by Crippen LogP contribution is 2.44. The number of ether oxygens (including phenoxy) is 4. The number of nitrogens with zero attached hydrogens (tertiary/aromatic N) is 1. The van der Waals surface area contributed by atoms with Crippen LogP contribution in [0.4, 0.5) is 0 Å². The number of aliphatic imine (C=N–C) groups is 1. The van der Waals surface area contributed by atoms with Crippen molar-refractivity contribution in [1.82, 2.24) is 0 Å². The number of esters is 3. The third kappa shape index (κ3) is 4.19. The lowest BCUT2D eigenvalue weighted by atomic mass is 9.84. The molecule has 1 aliphatic heterocycles. The smallest absolute Gasteiger partial charge is 0.360 e. The third-order valence-electron chi connectivity index (χ3n) is 5.46. The van der Waals surface area contributed by atoms with E-state index in [0.717, 1.165) is 32.1 Å². The minimum absolute atomic E-state index is 0.0495. The fourth-order valence-corrected chi connectivity index (χ4v) is 4.01. The van der Waals surface area contributed by atoms with Gasteiger partial charge >= 0.3 is 17.9 Å². The molecule has 2 aliphatic rings. The van der Waals surface area contributed by atoms with Crippen molar-refractivity contribution in [2.75, 3.05) is 20.8 Å². The molecule has 1 aromatic carbocycles. The van der Waals surface area contributed by atoms with E-state index in [4.69, 9.17) is 18.9 Å². The van der Waals surface area contributed by atoms with Gasteiger partial charge in [-0.1, -0.05) is 49.6 Å². The molecule has 8 heteroatoms. The van der Waals surface area contributed by atoms with Gasteiger partial charge in [-0.25, -0.2) is 19.4 Å². The summed E-state index contributed by atoms with van der Waals surface area (Å²) in [7, 11) is 2.36. The Hall–Kier alpha value is -3.16. The maximum Gasteiger partial charge on any atom is 0.360 e. The monoisotopic (exact) mass is 429 g/mol. The molecule has 0 bridgehead atoms. The zero-order valence-electron chi connectivity index (χ0n) is 18.0. The van der Waals surface area contributed by atoms with Crippen molar-refractivity contribution in [3.63, 3.8) is 0 Å². The predicted octanol–water partition coefficient (Wildman–Crippen LogP) is 2.85. The van der Waals surface area contributed by atoms with Crippen LogP contribution >= 0.6 is 0 Å². The molecule has 0 spiro atoms. The molecule has 1 fully saturated rings. The number of methoxy groups -OCH3 is 2. The molecule has 0 aromatic heterocycles. The van der Waals surface area contributed by atoms with Crippen molar-refractivity contribution in [3.05, 3.63) is 47.0 Å². The lowest BCUT2D eigenvalue weighted by Crippen LogP contribution is -2.42. The van der Waals surface area contributed by atoms with Crippen LogP contribution in [0, 0.1) is 0 Å². The Balaban J connectivity index is 2.29. The van der Waals surface area contributed by atoms with Crippen LogP contribution in [0.2, 0.25) is 0 Å². The van der Waals surface area contributed by atoms with Crippen molar-refractivity contribution in [3.8, 4) is 0 Å². The molecule has 166 valence electrons. The van der Waals surface area contributed by atoms with E-state index in [-0.39, 0.29) is 29.7 Å². The molecule has 0 saturated heterocycles. The highest BCUT2D eigenvalue weighted by Gasteiger charge is 2.60. The first kappa shape index (κ1) is 22.5. The number of hydrogen-bond donors (Lipinski definition) is 0. The summed E-state index contributed by atoms with van der Waals surface area (Å²) >= 11 is 0. The lowest BCUT2D eigenvalue weighted by Gasteiger charge is -2.28. The van der Waals surface area contributed by atoms with E-state index in [9.17, 15) is 14.4 Å². The lowest BCUT2D eigenvalue weighted by molar-refractivity contribution is -0.162. The average molecular weight is 429 g/mol. The average Bonchev–Trinajstić information content (AvgIpc) is 3.15. The Morgan fingerprint density at radius 1 is 1.03 bits per heavy atom. The first-order chi connectivity index (χ1) is 15.0. The van der Waals surface area contributed by atoms with Crippen molar-refractivity contribution in [2.45, 2.75) is 50.7 Å². The van der Waals surface area contributed by atoms with Gasteiger partial charge in [0.05, 0.1) is 26.9 Å². The van der Waals surface area contributed by atoms with Gasteiger partial charge in [-0.15, -0.1) is 0 Å². The van der Waals surface area contributed by atoms with Crippen molar-refractivity contribution in [2.24, 2.45) is 4.99 Å². The molecule has 1 atom stereocenters. The molecule has 0 amide bonds. The fourth-order valence-electron chi connectivity index (χ4n) is 4.01. The maximum atomic E-state index is 13.3. The first-order valence-electron chi connectivity index (χ1n) is 10.4. The summed E-state index contributed by atoms with van der Waals surface area (Å²) in [6, 6.07) is 8.31. The first-order valence-corrected chi connectivity index (χ1v) is 10.4. The quantitative estimate of drug-likeness (QED) is 0.506. The molecule has 8 nitrogen and oxygen atoms in total. The van der Waals surface area contributed by atoms with Crippen LogP contribution in [-0.4, -0.2) is 50.7 Å². The second kappa shape index (κ2) is 9.76. The van der Waals surface area contributed by atoms with Gasteiger partial charge in [-0.05, 0) is 19.8 Å². The van der Waals surface area contributed by atoms with E-state index in [1.165, 1.54) is 14.2 Å². The Labute approximate surface area is 181 Å². The van der Waals surface area contributed by atoms with Gasteiger partial charge in [0.1, 0.15) is 11.1 Å². The van der Waals surface area contributed by atoms with E-state index in [1.54, 1.807) is 37.3 Å². The van der Waals surface area contributed by atoms with Crippen LogP contribution in [0.3, 0.4) is 0 Å². The number of hydrogen-bond acceptors (Lipinski definition) is 8. The number of rotatable bonds is 6. The summed E-state index contributed by atoms with van der Waals surface area (Å²) in [6.07, 6.45) is 4.78. The third-order valence-corrected chi connectivity index (χ3v) is 5.46. The molecule has 3 rings (SSSR count). The van der Waals surface area contributed by atoms with Crippen LogP contribution in [0.25, 0.3) is 0 Å². The normalized spacial score (nSPS) is 22.7. The van der Waals surface area contributed by atoms with Crippen LogP contribution in [0.15, 0.2) is 46.5 Å². The fraction of sp³-hybridized carbons (Fsp3) is 0.478. The SMILES string of the molecule is CCOC(=O)C1(c2ccccc2)OC(=NC2CCCCC2)C(C(=O)OC)=C1C(=O)OC. The van der Waals surface area contributed by atoms with Crippen molar-refractivity contribution >= 4 is 23.8 Å². The molecular formula is C23H27NO7. The zero-order chi connectivity index (χ0) is 22.4. The van der Waals surface area contributed by atoms with E-state index < -0.39 is 23.5 Å². The number of carbonyl (C=O) groups is 3. The van der Waals surface area contributed by atoms with Crippen molar-refractivity contribution < 1.29 is 33.3 Å². The van der Waals surface area contributed by atoms with Crippen LogP contribution in [0.5, 0.6) is 0 Å². The molecule has 0 radical (unpaired) electrons. The largest absolute Gasteiger partial charge is 0.465 e. The maximum absolute atomic E-state index is 13.3. The zero-order valence-corrected chi connectivity index (χ0v) is 18.0. The van der Waals surface area contributed by atoms with Gasteiger partial charge in [0.2, 0.25) is 5.90 Å². The summed E-state index contributed by atoms with van der Waals surface area (Å²) in [4.78, 5) is 43.7. The van der Waals surface area contributed by atoms with E-state index in [1.807, 2.05) is 0 Å².